The van der Waals surface area contributed by atoms with Crippen molar-refractivity contribution in [2.24, 2.45) is 0 Å². The lowest BCUT2D eigenvalue weighted by Crippen LogP contribution is -2.31. The van der Waals surface area contributed by atoms with Crippen molar-refractivity contribution in [2.45, 2.75) is 6.92 Å². The Hall–Kier alpha value is -1.65. The van der Waals surface area contributed by atoms with Gasteiger partial charge >= 0.3 is 7.12 Å². The maximum Gasteiger partial charge on any atom is 0.489 e. The van der Waals surface area contributed by atoms with E-state index in [-0.39, 0.29) is 0 Å². The van der Waals surface area contributed by atoms with Crippen LogP contribution < -0.4 is 5.46 Å². The van der Waals surface area contributed by atoms with Crippen LogP contribution >= 0.6 is 0 Å². The minimum atomic E-state index is -1.60. The molecular formula is C13H12BFO2. The Morgan fingerprint density at radius 2 is 1.65 bits per heavy atom. The maximum absolute atomic E-state index is 13.2. The summed E-state index contributed by atoms with van der Waals surface area (Å²) in [4.78, 5) is 0. The monoisotopic (exact) mass is 230 g/mol. The third-order valence-corrected chi connectivity index (χ3v) is 2.66. The molecule has 0 fully saturated rings. The summed E-state index contributed by atoms with van der Waals surface area (Å²) >= 11 is 0. The van der Waals surface area contributed by atoms with E-state index in [4.69, 9.17) is 0 Å². The zero-order chi connectivity index (χ0) is 12.4. The minimum Gasteiger partial charge on any atom is -0.423 e. The Labute approximate surface area is 99.5 Å². The van der Waals surface area contributed by atoms with Crippen molar-refractivity contribution >= 4 is 12.6 Å². The highest BCUT2D eigenvalue weighted by Gasteiger charge is 2.17. The van der Waals surface area contributed by atoms with Gasteiger partial charge in [-0.2, -0.15) is 0 Å². The lowest BCUT2D eigenvalue weighted by molar-refractivity contribution is 0.426. The molecule has 0 bridgehead atoms. The lowest BCUT2D eigenvalue weighted by Gasteiger charge is -2.09. The van der Waals surface area contributed by atoms with Gasteiger partial charge in [0.15, 0.2) is 0 Å². The molecule has 2 aromatic rings. The van der Waals surface area contributed by atoms with E-state index in [9.17, 15) is 14.4 Å². The third kappa shape index (κ3) is 2.54. The van der Waals surface area contributed by atoms with Crippen molar-refractivity contribution < 1.29 is 14.4 Å². The van der Waals surface area contributed by atoms with Gasteiger partial charge in [0.25, 0.3) is 0 Å². The van der Waals surface area contributed by atoms with Gasteiger partial charge in [-0.25, -0.2) is 4.39 Å². The molecular weight excluding hydrogens is 218 g/mol. The normalized spacial score (nSPS) is 10.4. The summed E-state index contributed by atoms with van der Waals surface area (Å²) in [5, 5.41) is 18.5. The molecule has 0 unspecified atom stereocenters. The first-order valence-electron chi connectivity index (χ1n) is 5.30. The molecule has 0 saturated carbocycles. The van der Waals surface area contributed by atoms with Crippen LogP contribution in [-0.2, 0) is 0 Å². The molecule has 4 heteroatoms. The van der Waals surface area contributed by atoms with Gasteiger partial charge in [-0.15, -0.1) is 0 Å². The minimum absolute atomic E-state index is 0.301. The maximum atomic E-state index is 13.2. The lowest BCUT2D eigenvalue weighted by atomic mass is 9.75. The summed E-state index contributed by atoms with van der Waals surface area (Å²) in [5.74, 6) is -0.398. The highest BCUT2D eigenvalue weighted by atomic mass is 19.1. The molecule has 0 atom stereocenters. The summed E-state index contributed by atoms with van der Waals surface area (Å²) in [5.41, 5.74) is 2.66. The summed E-state index contributed by atoms with van der Waals surface area (Å²) in [6, 6.07) is 11.4. The van der Waals surface area contributed by atoms with E-state index >= 15 is 0 Å². The van der Waals surface area contributed by atoms with E-state index in [1.165, 1.54) is 18.2 Å². The van der Waals surface area contributed by atoms with Crippen LogP contribution in [0.25, 0.3) is 11.1 Å². The van der Waals surface area contributed by atoms with E-state index in [1.54, 1.807) is 0 Å². The first-order valence-corrected chi connectivity index (χ1v) is 5.30. The topological polar surface area (TPSA) is 40.5 Å². The Morgan fingerprint density at radius 3 is 2.24 bits per heavy atom. The highest BCUT2D eigenvalue weighted by molar-refractivity contribution is 6.60. The van der Waals surface area contributed by atoms with Crippen molar-refractivity contribution in [3.63, 3.8) is 0 Å². The average Bonchev–Trinajstić information content (AvgIpc) is 2.29. The van der Waals surface area contributed by atoms with E-state index in [1.807, 2.05) is 31.2 Å². The van der Waals surface area contributed by atoms with Gasteiger partial charge in [0, 0.05) is 0 Å². The molecule has 0 amide bonds. The molecule has 0 heterocycles. The quantitative estimate of drug-likeness (QED) is 0.767. The molecule has 0 radical (unpaired) electrons. The second-order valence-corrected chi connectivity index (χ2v) is 3.97. The van der Waals surface area contributed by atoms with Crippen LogP contribution in [0.1, 0.15) is 5.56 Å². The number of hydrogen-bond donors (Lipinski definition) is 2. The van der Waals surface area contributed by atoms with Crippen molar-refractivity contribution in [2.75, 3.05) is 0 Å². The second-order valence-electron chi connectivity index (χ2n) is 3.97. The fraction of sp³-hybridized carbons (Fsp3) is 0.0769. The van der Waals surface area contributed by atoms with Crippen LogP contribution in [0.3, 0.4) is 0 Å². The van der Waals surface area contributed by atoms with Gasteiger partial charge in [-0.3, -0.25) is 0 Å². The van der Waals surface area contributed by atoms with Crippen LogP contribution in [0, 0.1) is 12.7 Å². The highest BCUT2D eigenvalue weighted by Crippen LogP contribution is 2.19. The molecule has 0 aliphatic rings. The number of hydrogen-bond acceptors (Lipinski definition) is 2. The van der Waals surface area contributed by atoms with Crippen LogP contribution in [0.4, 0.5) is 4.39 Å². The van der Waals surface area contributed by atoms with Crippen LogP contribution in [0.2, 0.25) is 0 Å². The fourth-order valence-electron chi connectivity index (χ4n) is 1.74. The molecule has 0 spiro atoms. The Bertz CT molecular complexity index is 523. The molecule has 2 aromatic carbocycles. The smallest absolute Gasteiger partial charge is 0.423 e. The summed E-state index contributed by atoms with van der Waals surface area (Å²) in [7, 11) is -1.60. The van der Waals surface area contributed by atoms with Gasteiger partial charge in [-0.05, 0) is 35.6 Å². The number of benzene rings is 2. The van der Waals surface area contributed by atoms with Gasteiger partial charge in [-0.1, -0.05) is 35.9 Å². The predicted octanol–water partition coefficient (Wildman–Crippen LogP) is 1.48. The SMILES string of the molecule is Cc1ccc(-c2cc(F)ccc2B(O)O)cc1. The second kappa shape index (κ2) is 4.69. The van der Waals surface area contributed by atoms with Gasteiger partial charge < -0.3 is 10.0 Å². The largest absolute Gasteiger partial charge is 0.489 e. The summed E-state index contributed by atoms with van der Waals surface area (Å²) in [6.07, 6.45) is 0. The van der Waals surface area contributed by atoms with Gasteiger partial charge in [0.1, 0.15) is 5.82 Å². The number of rotatable bonds is 2. The fourth-order valence-corrected chi connectivity index (χ4v) is 1.74. The molecule has 17 heavy (non-hydrogen) atoms. The average molecular weight is 230 g/mol. The van der Waals surface area contributed by atoms with Crippen molar-refractivity contribution in [3.8, 4) is 11.1 Å². The Kier molecular flexibility index (Phi) is 3.27. The molecule has 0 aromatic heterocycles. The van der Waals surface area contributed by atoms with E-state index in [2.05, 4.69) is 0 Å². The molecule has 2 nitrogen and oxygen atoms in total. The van der Waals surface area contributed by atoms with Crippen LogP contribution in [0.5, 0.6) is 0 Å². The molecule has 2 N–H and O–H groups in total. The Morgan fingerprint density at radius 1 is 1.00 bits per heavy atom. The predicted molar refractivity (Wildman–Crippen MR) is 66.4 cm³/mol. The van der Waals surface area contributed by atoms with Crippen molar-refractivity contribution in [3.05, 3.63) is 53.8 Å². The number of aryl methyl sites for hydroxylation is 1. The molecule has 0 aliphatic heterocycles. The van der Waals surface area contributed by atoms with Crippen LogP contribution in [0.15, 0.2) is 42.5 Å². The standard InChI is InChI=1S/C13H12BFO2/c1-9-2-4-10(5-3-9)12-8-11(15)6-7-13(12)14(16)17/h2-8,16-17H,1H3. The van der Waals surface area contributed by atoms with Crippen molar-refractivity contribution in [1.29, 1.82) is 0 Å². The molecule has 86 valence electrons. The summed E-state index contributed by atoms with van der Waals surface area (Å²) < 4.78 is 13.2. The zero-order valence-electron chi connectivity index (χ0n) is 9.39. The molecule has 0 aliphatic carbocycles. The summed E-state index contributed by atoms with van der Waals surface area (Å²) in [6.45, 7) is 1.96. The first kappa shape index (κ1) is 11.8. The van der Waals surface area contributed by atoms with E-state index < -0.39 is 12.9 Å². The third-order valence-electron chi connectivity index (χ3n) is 2.66. The Balaban J connectivity index is 2.56. The van der Waals surface area contributed by atoms with E-state index in [0.717, 1.165) is 11.1 Å². The molecule has 2 rings (SSSR count). The van der Waals surface area contributed by atoms with Gasteiger partial charge in [0.2, 0.25) is 0 Å². The van der Waals surface area contributed by atoms with Crippen molar-refractivity contribution in [1.82, 2.24) is 0 Å². The number of halogens is 1. The first-order chi connectivity index (χ1) is 8.08. The van der Waals surface area contributed by atoms with Crippen LogP contribution in [-0.4, -0.2) is 17.2 Å². The molecule has 0 saturated heterocycles. The van der Waals surface area contributed by atoms with E-state index in [0.29, 0.717) is 11.0 Å². The van der Waals surface area contributed by atoms with Gasteiger partial charge in [0.05, 0.1) is 0 Å². The zero-order valence-corrected chi connectivity index (χ0v) is 9.39.